The molecule has 0 aliphatic carbocycles. The highest BCUT2D eigenvalue weighted by Gasteiger charge is 2.18. The van der Waals surface area contributed by atoms with E-state index in [-0.39, 0.29) is 24.0 Å². The van der Waals surface area contributed by atoms with E-state index < -0.39 is 0 Å². The van der Waals surface area contributed by atoms with Crippen molar-refractivity contribution in [1.29, 1.82) is 0 Å². The van der Waals surface area contributed by atoms with Gasteiger partial charge < -0.3 is 15.5 Å². The number of nitrogens with zero attached hydrogens (tertiary/aromatic N) is 2. The molecule has 1 rings (SSSR count). The van der Waals surface area contributed by atoms with Gasteiger partial charge in [0.1, 0.15) is 0 Å². The van der Waals surface area contributed by atoms with Gasteiger partial charge in [0.2, 0.25) is 0 Å². The molecule has 1 fully saturated rings. The van der Waals surface area contributed by atoms with Crippen molar-refractivity contribution in [3.05, 3.63) is 0 Å². The first-order valence-corrected chi connectivity index (χ1v) is 8.88. The fraction of sp³-hybridized carbons (Fsp3) is 0.929. The zero-order chi connectivity index (χ0) is 13.9. The van der Waals surface area contributed by atoms with Gasteiger partial charge in [-0.2, -0.15) is 11.8 Å². The van der Waals surface area contributed by atoms with Crippen LogP contribution >= 0.6 is 35.7 Å². The van der Waals surface area contributed by atoms with Crippen LogP contribution in [0.25, 0.3) is 0 Å². The molecular formula is C14H31IN4S. The van der Waals surface area contributed by atoms with Crippen LogP contribution in [0.4, 0.5) is 0 Å². The summed E-state index contributed by atoms with van der Waals surface area (Å²) in [5.41, 5.74) is 0. The molecule has 0 atom stereocenters. The normalized spacial score (nSPS) is 17.6. The van der Waals surface area contributed by atoms with Crippen LogP contribution in [0.15, 0.2) is 4.99 Å². The SMILES string of the molecule is CCCN1CCC(NC(=NC)NCCCSC)CC1.I. The molecule has 0 aromatic carbocycles. The number of likely N-dealkylation sites (tertiary alicyclic amines) is 1. The highest BCUT2D eigenvalue weighted by atomic mass is 127. The molecule has 0 unspecified atom stereocenters. The Labute approximate surface area is 145 Å². The van der Waals surface area contributed by atoms with Crippen LogP contribution < -0.4 is 10.6 Å². The minimum absolute atomic E-state index is 0. The van der Waals surface area contributed by atoms with E-state index in [1.807, 2.05) is 18.8 Å². The number of nitrogens with one attached hydrogen (secondary N) is 2. The van der Waals surface area contributed by atoms with Gasteiger partial charge in [0, 0.05) is 32.7 Å². The lowest BCUT2D eigenvalue weighted by Gasteiger charge is -2.32. The molecule has 0 radical (unpaired) electrons. The number of piperidine rings is 1. The molecular weight excluding hydrogens is 383 g/mol. The largest absolute Gasteiger partial charge is 0.356 e. The van der Waals surface area contributed by atoms with Gasteiger partial charge >= 0.3 is 0 Å². The van der Waals surface area contributed by atoms with E-state index in [0.29, 0.717) is 6.04 Å². The van der Waals surface area contributed by atoms with E-state index in [1.54, 1.807) is 0 Å². The number of hydrogen-bond acceptors (Lipinski definition) is 3. The van der Waals surface area contributed by atoms with E-state index >= 15 is 0 Å². The first kappa shape index (κ1) is 20.3. The lowest BCUT2D eigenvalue weighted by atomic mass is 10.1. The second-order valence-corrected chi connectivity index (χ2v) is 6.09. The molecule has 0 spiro atoms. The van der Waals surface area contributed by atoms with Crippen LogP contribution in [0, 0.1) is 0 Å². The zero-order valence-corrected chi connectivity index (χ0v) is 16.3. The van der Waals surface area contributed by atoms with Crippen molar-refractivity contribution in [2.45, 2.75) is 38.6 Å². The van der Waals surface area contributed by atoms with Crippen LogP contribution in [0.3, 0.4) is 0 Å². The first-order valence-electron chi connectivity index (χ1n) is 7.48. The second kappa shape index (κ2) is 13.0. The lowest BCUT2D eigenvalue weighted by molar-refractivity contribution is 0.206. The van der Waals surface area contributed by atoms with Crippen molar-refractivity contribution in [2.24, 2.45) is 4.99 Å². The Morgan fingerprint density at radius 3 is 2.60 bits per heavy atom. The van der Waals surface area contributed by atoms with Crippen molar-refractivity contribution >= 4 is 41.7 Å². The Balaban J connectivity index is 0.00000361. The summed E-state index contributed by atoms with van der Waals surface area (Å²) in [5.74, 6) is 2.18. The van der Waals surface area contributed by atoms with Gasteiger partial charge in [-0.1, -0.05) is 6.92 Å². The standard InChI is InChI=1S/C14H30N4S.HI/c1-4-9-18-10-6-13(7-11-18)17-14(15-2)16-8-5-12-19-3;/h13H,4-12H2,1-3H3,(H2,15,16,17);1H. The van der Waals surface area contributed by atoms with Crippen molar-refractivity contribution in [3.8, 4) is 0 Å². The van der Waals surface area contributed by atoms with Gasteiger partial charge in [-0.05, 0) is 44.2 Å². The maximum Gasteiger partial charge on any atom is 0.191 e. The third-order valence-corrected chi connectivity index (χ3v) is 4.21. The summed E-state index contributed by atoms with van der Waals surface area (Å²) in [6.45, 7) is 6.94. The highest BCUT2D eigenvalue weighted by molar-refractivity contribution is 14.0. The average Bonchev–Trinajstić information content (AvgIpc) is 2.44. The third-order valence-electron chi connectivity index (χ3n) is 3.51. The Bertz CT molecular complexity index is 256. The Kier molecular flexibility index (Phi) is 13.2. The molecule has 1 aliphatic rings. The minimum atomic E-state index is 0. The molecule has 1 heterocycles. The van der Waals surface area contributed by atoms with Crippen LogP contribution in [0.2, 0.25) is 0 Å². The Hall–Kier alpha value is 0.310. The molecule has 0 saturated carbocycles. The van der Waals surface area contributed by atoms with E-state index in [4.69, 9.17) is 0 Å². The van der Waals surface area contributed by atoms with E-state index in [2.05, 4.69) is 33.7 Å². The second-order valence-electron chi connectivity index (χ2n) is 5.11. The van der Waals surface area contributed by atoms with Crippen molar-refractivity contribution in [2.75, 3.05) is 45.2 Å². The minimum Gasteiger partial charge on any atom is -0.356 e. The molecule has 0 bridgehead atoms. The topological polar surface area (TPSA) is 39.7 Å². The molecule has 2 N–H and O–H groups in total. The zero-order valence-electron chi connectivity index (χ0n) is 13.2. The number of thioether (sulfide) groups is 1. The molecule has 6 heteroatoms. The van der Waals surface area contributed by atoms with E-state index in [0.717, 1.165) is 12.5 Å². The van der Waals surface area contributed by atoms with Gasteiger partial charge in [0.25, 0.3) is 0 Å². The quantitative estimate of drug-likeness (QED) is 0.291. The molecule has 120 valence electrons. The summed E-state index contributed by atoms with van der Waals surface area (Å²) < 4.78 is 0. The number of guanidine groups is 1. The predicted octanol–water partition coefficient (Wildman–Crippen LogP) is 2.40. The number of hydrogen-bond donors (Lipinski definition) is 2. The van der Waals surface area contributed by atoms with Gasteiger partial charge in [0.15, 0.2) is 5.96 Å². The smallest absolute Gasteiger partial charge is 0.191 e. The summed E-state index contributed by atoms with van der Waals surface area (Å²) in [4.78, 5) is 6.87. The summed E-state index contributed by atoms with van der Waals surface area (Å²) in [6, 6.07) is 0.583. The summed E-state index contributed by atoms with van der Waals surface area (Å²) in [6.07, 6.45) is 7.06. The van der Waals surface area contributed by atoms with Crippen LogP contribution in [0.5, 0.6) is 0 Å². The summed E-state index contributed by atoms with van der Waals surface area (Å²) in [7, 11) is 1.86. The molecule has 0 amide bonds. The highest BCUT2D eigenvalue weighted by Crippen LogP contribution is 2.10. The van der Waals surface area contributed by atoms with Gasteiger partial charge in [-0.15, -0.1) is 24.0 Å². The first-order chi connectivity index (χ1) is 9.30. The number of rotatable bonds is 7. The number of halogens is 1. The molecule has 1 aliphatic heterocycles. The Morgan fingerprint density at radius 1 is 1.35 bits per heavy atom. The van der Waals surface area contributed by atoms with Crippen molar-refractivity contribution < 1.29 is 0 Å². The van der Waals surface area contributed by atoms with Crippen molar-refractivity contribution in [3.63, 3.8) is 0 Å². The van der Waals surface area contributed by atoms with Gasteiger partial charge in [-0.3, -0.25) is 4.99 Å². The molecule has 20 heavy (non-hydrogen) atoms. The lowest BCUT2D eigenvalue weighted by Crippen LogP contribution is -2.48. The maximum atomic E-state index is 4.31. The van der Waals surface area contributed by atoms with Gasteiger partial charge in [-0.25, -0.2) is 0 Å². The third kappa shape index (κ3) is 8.56. The fourth-order valence-electron chi connectivity index (χ4n) is 2.43. The van der Waals surface area contributed by atoms with Crippen molar-refractivity contribution in [1.82, 2.24) is 15.5 Å². The Morgan fingerprint density at radius 2 is 2.05 bits per heavy atom. The van der Waals surface area contributed by atoms with Gasteiger partial charge in [0.05, 0.1) is 0 Å². The van der Waals surface area contributed by atoms with E-state index in [9.17, 15) is 0 Å². The molecule has 4 nitrogen and oxygen atoms in total. The van der Waals surface area contributed by atoms with E-state index in [1.165, 1.54) is 51.1 Å². The van der Waals surface area contributed by atoms with Crippen LogP contribution in [-0.4, -0.2) is 62.1 Å². The van der Waals surface area contributed by atoms with Crippen LogP contribution in [-0.2, 0) is 0 Å². The predicted molar refractivity (Wildman–Crippen MR) is 103 cm³/mol. The molecule has 1 saturated heterocycles. The maximum absolute atomic E-state index is 4.31. The fourth-order valence-corrected chi connectivity index (χ4v) is 2.86. The summed E-state index contributed by atoms with van der Waals surface area (Å²) >= 11 is 1.90. The average molecular weight is 414 g/mol. The monoisotopic (exact) mass is 414 g/mol. The molecule has 0 aromatic rings. The van der Waals surface area contributed by atoms with Crippen LogP contribution in [0.1, 0.15) is 32.6 Å². The summed E-state index contributed by atoms with van der Waals surface area (Å²) in [5, 5.41) is 6.95. The molecule has 0 aromatic heterocycles. The number of aliphatic imine (C=N–C) groups is 1.